The quantitative estimate of drug-likeness (QED) is 0.892. The third-order valence-electron chi connectivity index (χ3n) is 3.43. The standard InChI is InChI=1S/C13H23N3O2/c1-9(2)8-10(14)11-15-12(16-18-11)13(3)6-4-5-7-17-13/h9-10H,4-8,14H2,1-3H3/t10-,13?/m1/s1. The van der Waals surface area contributed by atoms with Crippen molar-refractivity contribution in [1.82, 2.24) is 10.1 Å². The molecule has 0 aliphatic carbocycles. The van der Waals surface area contributed by atoms with Crippen molar-refractivity contribution >= 4 is 0 Å². The zero-order chi connectivity index (χ0) is 13.2. The van der Waals surface area contributed by atoms with E-state index in [0.29, 0.717) is 17.6 Å². The topological polar surface area (TPSA) is 74.2 Å². The van der Waals surface area contributed by atoms with E-state index in [1.165, 1.54) is 0 Å². The highest BCUT2D eigenvalue weighted by molar-refractivity contribution is 5.02. The van der Waals surface area contributed by atoms with Crippen molar-refractivity contribution in [3.63, 3.8) is 0 Å². The van der Waals surface area contributed by atoms with Crippen molar-refractivity contribution in [1.29, 1.82) is 0 Å². The normalized spacial score (nSPS) is 26.5. The molecule has 1 saturated heterocycles. The Kier molecular flexibility index (Phi) is 4.02. The van der Waals surface area contributed by atoms with Gasteiger partial charge in [0.05, 0.1) is 6.04 Å². The van der Waals surface area contributed by atoms with Gasteiger partial charge in [-0.15, -0.1) is 0 Å². The number of nitrogens with two attached hydrogens (primary N) is 1. The van der Waals surface area contributed by atoms with Crippen molar-refractivity contribution in [2.75, 3.05) is 6.61 Å². The lowest BCUT2D eigenvalue weighted by atomic mass is 9.95. The van der Waals surface area contributed by atoms with Gasteiger partial charge in [0.2, 0.25) is 11.7 Å². The summed E-state index contributed by atoms with van der Waals surface area (Å²) in [4.78, 5) is 4.43. The van der Waals surface area contributed by atoms with E-state index in [9.17, 15) is 0 Å². The van der Waals surface area contributed by atoms with Gasteiger partial charge in [0, 0.05) is 6.61 Å². The van der Waals surface area contributed by atoms with E-state index in [-0.39, 0.29) is 6.04 Å². The SMILES string of the molecule is CC(C)C[C@@H](N)c1nc(C2(C)CCCCO2)no1. The fourth-order valence-corrected chi connectivity index (χ4v) is 2.32. The molecule has 0 amide bonds. The predicted molar refractivity (Wildman–Crippen MR) is 67.8 cm³/mol. The molecule has 1 aromatic heterocycles. The number of nitrogens with zero attached hydrogens (tertiary/aromatic N) is 2. The maximum Gasteiger partial charge on any atom is 0.243 e. The van der Waals surface area contributed by atoms with Gasteiger partial charge in [-0.2, -0.15) is 4.98 Å². The second-order valence-electron chi connectivity index (χ2n) is 5.73. The Labute approximate surface area is 108 Å². The lowest BCUT2D eigenvalue weighted by Gasteiger charge is -2.30. The first-order valence-corrected chi connectivity index (χ1v) is 6.75. The molecule has 0 bridgehead atoms. The Bertz CT molecular complexity index is 383. The Balaban J connectivity index is 2.09. The zero-order valence-electron chi connectivity index (χ0n) is 11.5. The molecule has 2 rings (SSSR count). The van der Waals surface area contributed by atoms with Crippen LogP contribution in [-0.2, 0) is 10.3 Å². The van der Waals surface area contributed by atoms with Crippen LogP contribution in [0.4, 0.5) is 0 Å². The lowest BCUT2D eigenvalue weighted by molar-refractivity contribution is -0.0770. The summed E-state index contributed by atoms with van der Waals surface area (Å²) >= 11 is 0. The second kappa shape index (κ2) is 5.36. The molecule has 2 N–H and O–H groups in total. The van der Waals surface area contributed by atoms with Crippen LogP contribution < -0.4 is 5.73 Å². The summed E-state index contributed by atoms with van der Waals surface area (Å²) in [5, 5.41) is 4.05. The Hall–Kier alpha value is -0.940. The highest BCUT2D eigenvalue weighted by Gasteiger charge is 2.35. The van der Waals surface area contributed by atoms with Crippen LogP contribution in [0.3, 0.4) is 0 Å². The van der Waals surface area contributed by atoms with Crippen LogP contribution in [0, 0.1) is 5.92 Å². The molecule has 2 heterocycles. The van der Waals surface area contributed by atoms with Crippen molar-refractivity contribution in [3.8, 4) is 0 Å². The first-order chi connectivity index (χ1) is 8.51. The average molecular weight is 253 g/mol. The van der Waals surface area contributed by atoms with Gasteiger partial charge >= 0.3 is 0 Å². The average Bonchev–Trinajstić information content (AvgIpc) is 2.79. The van der Waals surface area contributed by atoms with Crippen molar-refractivity contribution in [3.05, 3.63) is 11.7 Å². The first-order valence-electron chi connectivity index (χ1n) is 6.75. The molecule has 0 aromatic carbocycles. The monoisotopic (exact) mass is 253 g/mol. The summed E-state index contributed by atoms with van der Waals surface area (Å²) in [6.45, 7) is 7.04. The summed E-state index contributed by atoms with van der Waals surface area (Å²) in [5.74, 6) is 1.67. The van der Waals surface area contributed by atoms with E-state index < -0.39 is 5.60 Å². The molecule has 18 heavy (non-hydrogen) atoms. The molecule has 1 aliphatic rings. The summed E-state index contributed by atoms with van der Waals surface area (Å²) in [6.07, 6.45) is 4.02. The van der Waals surface area contributed by atoms with Crippen LogP contribution in [0.25, 0.3) is 0 Å². The van der Waals surface area contributed by atoms with E-state index in [4.69, 9.17) is 15.0 Å². The van der Waals surface area contributed by atoms with Crippen molar-refractivity contribution in [2.24, 2.45) is 11.7 Å². The van der Waals surface area contributed by atoms with Gasteiger partial charge < -0.3 is 15.0 Å². The van der Waals surface area contributed by atoms with Crippen LogP contribution in [0.15, 0.2) is 4.52 Å². The van der Waals surface area contributed by atoms with Crippen LogP contribution in [0.5, 0.6) is 0 Å². The van der Waals surface area contributed by atoms with E-state index in [1.807, 2.05) is 6.92 Å². The van der Waals surface area contributed by atoms with Gasteiger partial charge in [-0.25, -0.2) is 0 Å². The summed E-state index contributed by atoms with van der Waals surface area (Å²) in [6, 6.07) is -0.182. The van der Waals surface area contributed by atoms with Crippen LogP contribution in [-0.4, -0.2) is 16.7 Å². The number of aromatic nitrogens is 2. The smallest absolute Gasteiger partial charge is 0.243 e. The van der Waals surface area contributed by atoms with Gasteiger partial charge in [0.1, 0.15) is 5.60 Å². The highest BCUT2D eigenvalue weighted by atomic mass is 16.5. The highest BCUT2D eigenvalue weighted by Crippen LogP contribution is 2.33. The molecule has 1 aliphatic heterocycles. The Morgan fingerprint density at radius 2 is 2.17 bits per heavy atom. The largest absolute Gasteiger partial charge is 0.367 e. The van der Waals surface area contributed by atoms with Crippen molar-refractivity contribution < 1.29 is 9.26 Å². The molecular formula is C13H23N3O2. The van der Waals surface area contributed by atoms with E-state index >= 15 is 0 Å². The number of ether oxygens (including phenoxy) is 1. The minimum absolute atomic E-state index is 0.182. The molecule has 5 nitrogen and oxygen atoms in total. The predicted octanol–water partition coefficient (Wildman–Crippen LogP) is 2.53. The maximum atomic E-state index is 6.04. The number of hydrogen-bond acceptors (Lipinski definition) is 5. The van der Waals surface area contributed by atoms with Gasteiger partial charge in [0.15, 0.2) is 0 Å². The van der Waals surface area contributed by atoms with E-state index in [0.717, 1.165) is 32.3 Å². The third kappa shape index (κ3) is 2.90. The molecule has 1 unspecified atom stereocenters. The molecule has 0 saturated carbocycles. The fraction of sp³-hybridized carbons (Fsp3) is 0.846. The number of hydrogen-bond donors (Lipinski definition) is 1. The molecule has 1 aromatic rings. The van der Waals surface area contributed by atoms with Gasteiger partial charge in [-0.1, -0.05) is 19.0 Å². The molecule has 5 heteroatoms. The number of rotatable bonds is 4. The molecule has 0 spiro atoms. The molecule has 102 valence electrons. The van der Waals surface area contributed by atoms with E-state index in [2.05, 4.69) is 24.0 Å². The Morgan fingerprint density at radius 1 is 1.39 bits per heavy atom. The molecule has 1 fully saturated rings. The summed E-state index contributed by atoms with van der Waals surface area (Å²) < 4.78 is 11.1. The minimum atomic E-state index is -0.405. The fourth-order valence-electron chi connectivity index (χ4n) is 2.32. The second-order valence-corrected chi connectivity index (χ2v) is 5.73. The first kappa shape index (κ1) is 13.5. The summed E-state index contributed by atoms with van der Waals surface area (Å²) in [7, 11) is 0. The van der Waals surface area contributed by atoms with Crippen LogP contribution >= 0.6 is 0 Å². The Morgan fingerprint density at radius 3 is 2.78 bits per heavy atom. The molecule has 2 atom stereocenters. The van der Waals surface area contributed by atoms with Gasteiger partial charge in [-0.3, -0.25) is 0 Å². The maximum absolute atomic E-state index is 6.04. The van der Waals surface area contributed by atoms with Crippen LogP contribution in [0.1, 0.15) is 64.2 Å². The van der Waals surface area contributed by atoms with Gasteiger partial charge in [-0.05, 0) is 38.5 Å². The molecular weight excluding hydrogens is 230 g/mol. The van der Waals surface area contributed by atoms with Gasteiger partial charge in [0.25, 0.3) is 0 Å². The molecule has 0 radical (unpaired) electrons. The zero-order valence-corrected chi connectivity index (χ0v) is 11.5. The van der Waals surface area contributed by atoms with E-state index in [1.54, 1.807) is 0 Å². The summed E-state index contributed by atoms with van der Waals surface area (Å²) in [5.41, 5.74) is 5.64. The lowest BCUT2D eigenvalue weighted by Crippen LogP contribution is -2.31. The van der Waals surface area contributed by atoms with Crippen molar-refractivity contribution in [2.45, 2.75) is 58.1 Å². The minimum Gasteiger partial charge on any atom is -0.367 e. The van der Waals surface area contributed by atoms with Crippen LogP contribution in [0.2, 0.25) is 0 Å². The third-order valence-corrected chi connectivity index (χ3v) is 3.43.